The van der Waals surface area contributed by atoms with Gasteiger partial charge in [-0.05, 0) is 31.9 Å². The van der Waals surface area contributed by atoms with E-state index < -0.39 is 0 Å². The third-order valence-electron chi connectivity index (χ3n) is 3.26. The molecule has 4 nitrogen and oxygen atoms in total. The first-order valence-corrected chi connectivity index (χ1v) is 6.49. The molecule has 1 aliphatic rings. The van der Waals surface area contributed by atoms with Crippen molar-refractivity contribution in [2.75, 3.05) is 12.0 Å². The second-order valence-electron chi connectivity index (χ2n) is 4.71. The van der Waals surface area contributed by atoms with Gasteiger partial charge in [-0.3, -0.25) is 4.90 Å². The summed E-state index contributed by atoms with van der Waals surface area (Å²) in [6.07, 6.45) is 6.97. The largest absolute Gasteiger partial charge is 0.308 e. The van der Waals surface area contributed by atoms with Gasteiger partial charge >= 0.3 is 0 Å². The van der Waals surface area contributed by atoms with Gasteiger partial charge in [-0.15, -0.1) is 0 Å². The van der Waals surface area contributed by atoms with E-state index in [-0.39, 0.29) is 0 Å². The third-order valence-corrected chi connectivity index (χ3v) is 3.26. The first-order chi connectivity index (χ1) is 8.35. The Kier molecular flexibility index (Phi) is 4.34. The molecular formula is C13H22N4. The zero-order chi connectivity index (χ0) is 12.1. The highest BCUT2D eigenvalue weighted by atomic mass is 15.3. The lowest BCUT2D eigenvalue weighted by Gasteiger charge is -2.22. The van der Waals surface area contributed by atoms with Gasteiger partial charge in [0.1, 0.15) is 5.82 Å². The number of anilines is 1. The monoisotopic (exact) mass is 234 g/mol. The summed E-state index contributed by atoms with van der Waals surface area (Å²) in [5.74, 6) is 6.29. The van der Waals surface area contributed by atoms with Crippen LogP contribution in [0.5, 0.6) is 0 Å². The zero-order valence-corrected chi connectivity index (χ0v) is 10.5. The van der Waals surface area contributed by atoms with Gasteiger partial charge in [0.25, 0.3) is 0 Å². The predicted molar refractivity (Wildman–Crippen MR) is 70.4 cm³/mol. The van der Waals surface area contributed by atoms with Crippen molar-refractivity contribution in [3.63, 3.8) is 0 Å². The van der Waals surface area contributed by atoms with Crippen molar-refractivity contribution in [3.05, 3.63) is 23.9 Å². The van der Waals surface area contributed by atoms with Crippen LogP contribution in [0.4, 0.5) is 5.82 Å². The number of rotatable bonds is 7. The predicted octanol–water partition coefficient (Wildman–Crippen LogP) is 2.13. The van der Waals surface area contributed by atoms with Crippen LogP contribution in [0.25, 0.3) is 0 Å². The molecule has 0 radical (unpaired) electrons. The van der Waals surface area contributed by atoms with Crippen molar-refractivity contribution in [1.29, 1.82) is 0 Å². The molecule has 1 heterocycles. The molecule has 17 heavy (non-hydrogen) atoms. The normalized spacial score (nSPS) is 15.2. The van der Waals surface area contributed by atoms with Crippen molar-refractivity contribution < 1.29 is 0 Å². The van der Waals surface area contributed by atoms with Gasteiger partial charge in [-0.25, -0.2) is 10.8 Å². The molecule has 1 aromatic rings. The van der Waals surface area contributed by atoms with Crippen molar-refractivity contribution in [2.24, 2.45) is 5.84 Å². The summed E-state index contributed by atoms with van der Waals surface area (Å²) in [4.78, 5) is 6.80. The standard InChI is InChI=1S/C13H22N4/c1-2-3-9-17(12-6-7-12)10-11-5-4-8-15-13(11)16-14/h4-5,8,12H,2-3,6-7,9-10,14H2,1H3,(H,15,16). The van der Waals surface area contributed by atoms with Gasteiger partial charge < -0.3 is 5.43 Å². The minimum atomic E-state index is 0.785. The van der Waals surface area contributed by atoms with Gasteiger partial charge in [-0.2, -0.15) is 0 Å². The molecule has 1 saturated carbocycles. The molecule has 1 aliphatic carbocycles. The summed E-state index contributed by atoms with van der Waals surface area (Å²) in [6, 6.07) is 4.86. The van der Waals surface area contributed by atoms with Crippen LogP contribution in [0.3, 0.4) is 0 Å². The molecule has 2 rings (SSSR count). The molecule has 0 amide bonds. The first kappa shape index (κ1) is 12.3. The van der Waals surface area contributed by atoms with Crippen molar-refractivity contribution in [2.45, 2.75) is 45.2 Å². The van der Waals surface area contributed by atoms with Crippen LogP contribution in [0.2, 0.25) is 0 Å². The van der Waals surface area contributed by atoms with Crippen LogP contribution in [0.15, 0.2) is 18.3 Å². The lowest BCUT2D eigenvalue weighted by atomic mass is 10.2. The van der Waals surface area contributed by atoms with Crippen molar-refractivity contribution >= 4 is 5.82 Å². The molecule has 0 aliphatic heterocycles. The third kappa shape index (κ3) is 3.41. The number of nitrogens with zero attached hydrogens (tertiary/aromatic N) is 2. The molecule has 0 atom stereocenters. The van der Waals surface area contributed by atoms with Gasteiger partial charge in [0.2, 0.25) is 0 Å². The fourth-order valence-electron chi connectivity index (χ4n) is 2.11. The highest BCUT2D eigenvalue weighted by Crippen LogP contribution is 2.29. The Morgan fingerprint density at radius 2 is 2.35 bits per heavy atom. The van der Waals surface area contributed by atoms with Gasteiger partial charge in [0, 0.05) is 24.3 Å². The molecule has 0 spiro atoms. The molecule has 94 valence electrons. The summed E-state index contributed by atoms with van der Waals surface area (Å²) in [5, 5.41) is 0. The van der Waals surface area contributed by atoms with E-state index in [2.05, 4.69) is 28.3 Å². The molecule has 0 unspecified atom stereocenters. The summed E-state index contributed by atoms with van der Waals surface area (Å²) in [7, 11) is 0. The summed E-state index contributed by atoms with van der Waals surface area (Å²) >= 11 is 0. The fraction of sp³-hybridized carbons (Fsp3) is 0.615. The quantitative estimate of drug-likeness (QED) is 0.560. The summed E-state index contributed by atoms with van der Waals surface area (Å²) < 4.78 is 0. The molecule has 4 heteroatoms. The van der Waals surface area contributed by atoms with E-state index >= 15 is 0 Å². The number of nitrogens with one attached hydrogen (secondary N) is 1. The highest BCUT2D eigenvalue weighted by molar-refractivity contribution is 5.42. The Labute approximate surface area is 103 Å². The molecule has 0 aromatic carbocycles. The van der Waals surface area contributed by atoms with E-state index in [1.165, 1.54) is 37.8 Å². The second-order valence-corrected chi connectivity index (χ2v) is 4.71. The molecular weight excluding hydrogens is 212 g/mol. The Hall–Kier alpha value is -1.13. The Balaban J connectivity index is 2.00. The van der Waals surface area contributed by atoms with E-state index in [1.807, 2.05) is 6.07 Å². The highest BCUT2D eigenvalue weighted by Gasteiger charge is 2.28. The summed E-state index contributed by atoms with van der Waals surface area (Å²) in [6.45, 7) is 4.38. The lowest BCUT2D eigenvalue weighted by molar-refractivity contribution is 0.251. The first-order valence-electron chi connectivity index (χ1n) is 6.49. The fourth-order valence-corrected chi connectivity index (χ4v) is 2.11. The van der Waals surface area contributed by atoms with Crippen molar-refractivity contribution in [3.8, 4) is 0 Å². The van der Waals surface area contributed by atoms with Crippen LogP contribution < -0.4 is 11.3 Å². The smallest absolute Gasteiger partial charge is 0.144 e. The van der Waals surface area contributed by atoms with E-state index in [1.54, 1.807) is 6.20 Å². The summed E-state index contributed by atoms with van der Waals surface area (Å²) in [5.41, 5.74) is 3.87. The van der Waals surface area contributed by atoms with Crippen LogP contribution >= 0.6 is 0 Å². The van der Waals surface area contributed by atoms with Crippen LogP contribution in [-0.4, -0.2) is 22.5 Å². The molecule has 0 saturated heterocycles. The van der Waals surface area contributed by atoms with Gasteiger partial charge in [-0.1, -0.05) is 19.4 Å². The topological polar surface area (TPSA) is 54.2 Å². The lowest BCUT2D eigenvalue weighted by Crippen LogP contribution is -2.27. The van der Waals surface area contributed by atoms with Gasteiger partial charge in [0.05, 0.1) is 0 Å². The molecule has 1 fully saturated rings. The van der Waals surface area contributed by atoms with Crippen LogP contribution in [0.1, 0.15) is 38.2 Å². The van der Waals surface area contributed by atoms with Gasteiger partial charge in [0.15, 0.2) is 0 Å². The number of pyridine rings is 1. The molecule has 3 N–H and O–H groups in total. The molecule has 0 bridgehead atoms. The Morgan fingerprint density at radius 1 is 1.53 bits per heavy atom. The second kappa shape index (κ2) is 5.98. The minimum absolute atomic E-state index is 0.785. The van der Waals surface area contributed by atoms with E-state index in [0.717, 1.165) is 18.4 Å². The number of hydrogen-bond acceptors (Lipinski definition) is 4. The molecule has 1 aromatic heterocycles. The number of nitrogens with two attached hydrogens (primary N) is 1. The van der Waals surface area contributed by atoms with E-state index in [4.69, 9.17) is 5.84 Å². The maximum atomic E-state index is 5.49. The van der Waals surface area contributed by atoms with Crippen LogP contribution in [-0.2, 0) is 6.54 Å². The number of hydrazine groups is 1. The maximum absolute atomic E-state index is 5.49. The van der Waals surface area contributed by atoms with E-state index in [9.17, 15) is 0 Å². The number of hydrogen-bond donors (Lipinski definition) is 2. The van der Waals surface area contributed by atoms with E-state index in [0.29, 0.717) is 0 Å². The Bertz CT molecular complexity index is 349. The number of nitrogen functional groups attached to an aromatic ring is 1. The zero-order valence-electron chi connectivity index (χ0n) is 10.5. The number of unbranched alkanes of at least 4 members (excludes halogenated alkanes) is 1. The average Bonchev–Trinajstić information content (AvgIpc) is 3.19. The maximum Gasteiger partial charge on any atom is 0.144 e. The SMILES string of the molecule is CCCCN(Cc1cccnc1NN)C1CC1. The minimum Gasteiger partial charge on any atom is -0.308 e. The van der Waals surface area contributed by atoms with Crippen molar-refractivity contribution in [1.82, 2.24) is 9.88 Å². The number of aromatic nitrogens is 1. The Morgan fingerprint density at radius 3 is 3.00 bits per heavy atom. The van der Waals surface area contributed by atoms with Crippen LogP contribution in [0, 0.1) is 0 Å². The average molecular weight is 234 g/mol.